The number of carbonyl (C=O) groups is 1. The number of nitrogens with one attached hydrogen (secondary N) is 1. The highest BCUT2D eigenvalue weighted by Crippen LogP contribution is 2.06. The molecule has 0 saturated heterocycles. The van der Waals surface area contributed by atoms with Crippen LogP contribution in [0.15, 0.2) is 29.4 Å². The molecule has 98 valence electrons. The average Bonchev–Trinajstić information content (AvgIpc) is 2.38. The van der Waals surface area contributed by atoms with Gasteiger partial charge in [0.15, 0.2) is 5.17 Å². The van der Waals surface area contributed by atoms with E-state index >= 15 is 0 Å². The van der Waals surface area contributed by atoms with E-state index in [1.165, 1.54) is 11.8 Å². The van der Waals surface area contributed by atoms with E-state index in [4.69, 9.17) is 10.9 Å². The van der Waals surface area contributed by atoms with Gasteiger partial charge in [-0.15, -0.1) is 0 Å². The number of aliphatic hydroxyl groups is 1. The lowest BCUT2D eigenvalue weighted by atomic mass is 10.1. The van der Waals surface area contributed by atoms with E-state index in [2.05, 4.69) is 10.4 Å². The van der Waals surface area contributed by atoms with E-state index in [0.717, 1.165) is 16.9 Å². The number of carbonyl (C=O) groups excluding carboxylic acids is 1. The zero-order valence-electron chi connectivity index (χ0n) is 10.2. The predicted molar refractivity (Wildman–Crippen MR) is 74.0 cm³/mol. The van der Waals surface area contributed by atoms with Gasteiger partial charge in [0, 0.05) is 0 Å². The monoisotopic (exact) mass is 267 g/mol. The normalized spacial score (nSPS) is 11.3. The zero-order valence-corrected chi connectivity index (χ0v) is 11.0. The summed E-state index contributed by atoms with van der Waals surface area (Å²) >= 11 is 1.38. The number of benzene rings is 1. The molecule has 1 aromatic rings. The summed E-state index contributed by atoms with van der Waals surface area (Å²) in [4.78, 5) is 11.7. The van der Waals surface area contributed by atoms with Gasteiger partial charge < -0.3 is 16.3 Å². The zero-order chi connectivity index (χ0) is 13.4. The van der Waals surface area contributed by atoms with Gasteiger partial charge in [0.1, 0.15) is 0 Å². The van der Waals surface area contributed by atoms with E-state index in [-0.39, 0.29) is 18.9 Å². The minimum Gasteiger partial charge on any atom is -0.392 e. The Morgan fingerprint density at radius 3 is 2.83 bits per heavy atom. The van der Waals surface area contributed by atoms with E-state index < -0.39 is 0 Å². The maximum Gasteiger partial charge on any atom is 0.230 e. The molecule has 1 amide bonds. The summed E-state index contributed by atoms with van der Waals surface area (Å²) in [5.41, 5.74) is 1.63. The second-order valence-electron chi connectivity index (χ2n) is 3.57. The number of nitrogens with two attached hydrogens (primary N) is 1. The second-order valence-corrected chi connectivity index (χ2v) is 4.82. The Hall–Kier alpha value is -1.53. The molecule has 1 rings (SSSR count). The fourth-order valence-electron chi connectivity index (χ4n) is 1.43. The fraction of sp³-hybridized carbons (Fsp3) is 0.333. The molecule has 0 atom stereocenters. The summed E-state index contributed by atoms with van der Waals surface area (Å²) in [5.74, 6) is 5.78. The van der Waals surface area contributed by atoms with Crippen molar-refractivity contribution in [3.63, 3.8) is 0 Å². The Morgan fingerprint density at radius 2 is 2.22 bits per heavy atom. The third-order valence-corrected chi connectivity index (χ3v) is 2.95. The molecule has 0 fully saturated rings. The van der Waals surface area contributed by atoms with Crippen LogP contribution < -0.4 is 11.2 Å². The van der Waals surface area contributed by atoms with Gasteiger partial charge in [0.05, 0.1) is 13.0 Å². The molecule has 0 heterocycles. The van der Waals surface area contributed by atoms with Gasteiger partial charge in [-0.2, -0.15) is 5.10 Å². The molecule has 0 aliphatic heterocycles. The van der Waals surface area contributed by atoms with Gasteiger partial charge in [-0.3, -0.25) is 4.79 Å². The van der Waals surface area contributed by atoms with Crippen molar-refractivity contribution in [2.75, 3.05) is 5.75 Å². The third kappa shape index (κ3) is 4.77. The molecule has 4 N–H and O–H groups in total. The fourth-order valence-corrected chi connectivity index (χ4v) is 1.96. The van der Waals surface area contributed by atoms with Crippen molar-refractivity contribution in [1.82, 2.24) is 5.32 Å². The van der Waals surface area contributed by atoms with Crippen LogP contribution in [0.25, 0.3) is 0 Å². The first-order valence-corrected chi connectivity index (χ1v) is 6.57. The number of thioether (sulfide) groups is 1. The van der Waals surface area contributed by atoms with Gasteiger partial charge in [-0.05, 0) is 16.9 Å². The number of amidine groups is 1. The van der Waals surface area contributed by atoms with Crippen LogP contribution >= 0.6 is 11.8 Å². The van der Waals surface area contributed by atoms with Crippen molar-refractivity contribution in [1.29, 1.82) is 0 Å². The van der Waals surface area contributed by atoms with Crippen molar-refractivity contribution in [3.8, 4) is 0 Å². The number of amides is 1. The topological polar surface area (TPSA) is 87.7 Å². The maximum absolute atomic E-state index is 11.7. The van der Waals surface area contributed by atoms with Crippen molar-refractivity contribution < 1.29 is 9.90 Å². The first-order chi connectivity index (χ1) is 8.69. The third-order valence-electron chi connectivity index (χ3n) is 2.18. The number of hydrazone groups is 1. The SMILES string of the molecule is CCS/C(=N\N)NC(=O)Cc1cccc(CO)c1. The van der Waals surface area contributed by atoms with Crippen LogP contribution in [0.2, 0.25) is 0 Å². The molecule has 0 unspecified atom stereocenters. The molecular weight excluding hydrogens is 250 g/mol. The molecular formula is C12H17N3O2S. The smallest absolute Gasteiger partial charge is 0.230 e. The quantitative estimate of drug-likeness (QED) is 0.326. The van der Waals surface area contributed by atoms with Crippen LogP contribution in [0, 0.1) is 0 Å². The van der Waals surface area contributed by atoms with Crippen molar-refractivity contribution >= 4 is 22.8 Å². The van der Waals surface area contributed by atoms with Crippen molar-refractivity contribution in [3.05, 3.63) is 35.4 Å². The Labute approximate surface area is 110 Å². The maximum atomic E-state index is 11.7. The van der Waals surface area contributed by atoms with Gasteiger partial charge in [0.2, 0.25) is 5.91 Å². The van der Waals surface area contributed by atoms with Crippen molar-refractivity contribution in [2.45, 2.75) is 20.0 Å². The minimum absolute atomic E-state index is 0.0311. The van der Waals surface area contributed by atoms with Gasteiger partial charge in [-0.1, -0.05) is 43.0 Å². The Morgan fingerprint density at radius 1 is 1.50 bits per heavy atom. The molecule has 0 radical (unpaired) electrons. The van der Waals surface area contributed by atoms with Gasteiger partial charge >= 0.3 is 0 Å². The Kier molecular flexibility index (Phi) is 6.24. The predicted octanol–water partition coefficient (Wildman–Crippen LogP) is 0.820. The number of nitrogens with zero attached hydrogens (tertiary/aromatic N) is 1. The highest BCUT2D eigenvalue weighted by Gasteiger charge is 2.07. The lowest BCUT2D eigenvalue weighted by Gasteiger charge is -2.06. The lowest BCUT2D eigenvalue weighted by Crippen LogP contribution is -2.30. The molecule has 18 heavy (non-hydrogen) atoms. The van der Waals surface area contributed by atoms with Crippen LogP contribution in [0.5, 0.6) is 0 Å². The standard InChI is InChI=1S/C12H17N3O2S/c1-2-18-12(15-13)14-11(17)7-9-4-3-5-10(6-9)8-16/h3-6,16H,2,7-8,13H2,1H3,(H,14,15,17). The van der Waals surface area contributed by atoms with Crippen molar-refractivity contribution in [2.24, 2.45) is 10.9 Å². The number of aliphatic hydroxyl groups excluding tert-OH is 1. The van der Waals surface area contributed by atoms with Crippen LogP contribution in [-0.4, -0.2) is 21.9 Å². The molecule has 6 heteroatoms. The Bertz CT molecular complexity index is 435. The minimum atomic E-state index is -0.171. The summed E-state index contributed by atoms with van der Waals surface area (Å²) in [5, 5.41) is 15.6. The lowest BCUT2D eigenvalue weighted by molar-refractivity contribution is -0.119. The van der Waals surface area contributed by atoms with E-state index in [1.807, 2.05) is 19.1 Å². The van der Waals surface area contributed by atoms with Gasteiger partial charge in [-0.25, -0.2) is 0 Å². The molecule has 0 aliphatic rings. The van der Waals surface area contributed by atoms with Crippen LogP contribution in [-0.2, 0) is 17.8 Å². The first kappa shape index (κ1) is 14.5. The van der Waals surface area contributed by atoms with Crippen LogP contribution in [0.1, 0.15) is 18.1 Å². The van der Waals surface area contributed by atoms with Crippen LogP contribution in [0.4, 0.5) is 0 Å². The number of hydrogen-bond acceptors (Lipinski definition) is 5. The number of hydrogen-bond donors (Lipinski definition) is 3. The molecule has 0 aliphatic carbocycles. The molecule has 0 bridgehead atoms. The number of rotatable bonds is 4. The molecule has 0 saturated carbocycles. The summed E-state index contributed by atoms with van der Waals surface area (Å²) < 4.78 is 0. The average molecular weight is 267 g/mol. The molecule has 5 nitrogen and oxygen atoms in total. The molecule has 1 aromatic carbocycles. The summed E-state index contributed by atoms with van der Waals surface area (Å²) in [7, 11) is 0. The largest absolute Gasteiger partial charge is 0.392 e. The summed E-state index contributed by atoms with van der Waals surface area (Å²) in [6, 6.07) is 7.25. The van der Waals surface area contributed by atoms with E-state index in [0.29, 0.717) is 5.17 Å². The Balaban J connectivity index is 2.58. The molecule has 0 aromatic heterocycles. The van der Waals surface area contributed by atoms with E-state index in [1.54, 1.807) is 12.1 Å². The first-order valence-electron chi connectivity index (χ1n) is 5.58. The molecule has 0 spiro atoms. The highest BCUT2D eigenvalue weighted by atomic mass is 32.2. The second kappa shape index (κ2) is 7.73. The van der Waals surface area contributed by atoms with E-state index in [9.17, 15) is 4.79 Å². The van der Waals surface area contributed by atoms with Gasteiger partial charge in [0.25, 0.3) is 0 Å². The summed E-state index contributed by atoms with van der Waals surface area (Å²) in [6.07, 6.45) is 0.233. The van der Waals surface area contributed by atoms with Crippen LogP contribution in [0.3, 0.4) is 0 Å². The summed E-state index contributed by atoms with van der Waals surface area (Å²) in [6.45, 7) is 1.92. The highest BCUT2D eigenvalue weighted by molar-refractivity contribution is 8.13.